The Hall–Kier alpha value is -1.97. The molecule has 1 aromatic heterocycles. The third kappa shape index (κ3) is 3.28. The molecule has 0 aliphatic carbocycles. The number of rotatable bonds is 6. The predicted molar refractivity (Wildman–Crippen MR) is 77.6 cm³/mol. The molecule has 0 spiro atoms. The van der Waals surface area contributed by atoms with Crippen LogP contribution in [0.25, 0.3) is 0 Å². The maximum absolute atomic E-state index is 5.36. The first-order valence-electron chi connectivity index (χ1n) is 6.63. The van der Waals surface area contributed by atoms with Crippen molar-refractivity contribution in [1.82, 2.24) is 9.55 Å². The molecule has 0 atom stereocenters. The lowest BCUT2D eigenvalue weighted by atomic mass is 10.2. The van der Waals surface area contributed by atoms with Crippen molar-refractivity contribution in [3.05, 3.63) is 42.0 Å². The van der Waals surface area contributed by atoms with Crippen LogP contribution in [0.4, 0.5) is 5.69 Å². The molecule has 0 unspecified atom stereocenters. The summed E-state index contributed by atoms with van der Waals surface area (Å²) in [7, 11) is 1.69. The van der Waals surface area contributed by atoms with E-state index in [4.69, 9.17) is 4.74 Å². The van der Waals surface area contributed by atoms with E-state index in [-0.39, 0.29) is 0 Å². The lowest BCUT2D eigenvalue weighted by molar-refractivity contribution is 0.416. The van der Waals surface area contributed by atoms with Gasteiger partial charge < -0.3 is 14.6 Å². The molecule has 2 aromatic rings. The van der Waals surface area contributed by atoms with Gasteiger partial charge in [0.05, 0.1) is 19.3 Å². The normalized spacial score (nSPS) is 10.5. The molecular formula is C15H21N3O. The first-order valence-corrected chi connectivity index (χ1v) is 6.63. The largest absolute Gasteiger partial charge is 0.495 e. The highest BCUT2D eigenvalue weighted by atomic mass is 16.5. The SMILES string of the molecule is CCCn1ccnc1CNc1cc(C)ccc1OC. The molecule has 1 N–H and O–H groups in total. The van der Waals surface area contributed by atoms with Crippen molar-refractivity contribution in [2.75, 3.05) is 12.4 Å². The summed E-state index contributed by atoms with van der Waals surface area (Å²) in [6, 6.07) is 6.12. The number of aromatic nitrogens is 2. The van der Waals surface area contributed by atoms with Crippen LogP contribution in [0.1, 0.15) is 24.7 Å². The smallest absolute Gasteiger partial charge is 0.141 e. The Morgan fingerprint density at radius 3 is 2.95 bits per heavy atom. The number of nitrogens with one attached hydrogen (secondary N) is 1. The lowest BCUT2D eigenvalue weighted by Crippen LogP contribution is -2.09. The van der Waals surface area contributed by atoms with Crippen LogP contribution in [0.3, 0.4) is 0 Å². The van der Waals surface area contributed by atoms with E-state index in [0.717, 1.165) is 30.2 Å². The molecule has 2 rings (SSSR count). The topological polar surface area (TPSA) is 39.1 Å². The minimum atomic E-state index is 0.701. The van der Waals surface area contributed by atoms with Crippen molar-refractivity contribution in [2.45, 2.75) is 33.4 Å². The van der Waals surface area contributed by atoms with E-state index < -0.39 is 0 Å². The summed E-state index contributed by atoms with van der Waals surface area (Å²) in [6.07, 6.45) is 4.98. The quantitative estimate of drug-likeness (QED) is 0.865. The first kappa shape index (κ1) is 13.5. The van der Waals surface area contributed by atoms with Gasteiger partial charge in [-0.1, -0.05) is 13.0 Å². The molecule has 1 heterocycles. The lowest BCUT2D eigenvalue weighted by Gasteiger charge is -2.12. The Morgan fingerprint density at radius 2 is 2.21 bits per heavy atom. The van der Waals surface area contributed by atoms with Crippen molar-refractivity contribution < 1.29 is 4.74 Å². The number of methoxy groups -OCH3 is 1. The Morgan fingerprint density at radius 1 is 1.37 bits per heavy atom. The standard InChI is InChI=1S/C15H21N3O/c1-4-8-18-9-7-16-15(18)11-17-13-10-12(2)5-6-14(13)19-3/h5-7,9-10,17H,4,8,11H2,1-3H3. The molecular weight excluding hydrogens is 238 g/mol. The van der Waals surface area contributed by atoms with Crippen molar-refractivity contribution in [3.8, 4) is 5.75 Å². The summed E-state index contributed by atoms with van der Waals surface area (Å²) in [6.45, 7) is 5.94. The minimum absolute atomic E-state index is 0.701. The van der Waals surface area contributed by atoms with E-state index in [9.17, 15) is 0 Å². The van der Waals surface area contributed by atoms with Crippen molar-refractivity contribution in [3.63, 3.8) is 0 Å². The van der Waals surface area contributed by atoms with E-state index in [1.807, 2.05) is 24.5 Å². The summed E-state index contributed by atoms with van der Waals surface area (Å²) in [5.41, 5.74) is 2.22. The number of nitrogens with zero attached hydrogens (tertiary/aromatic N) is 2. The minimum Gasteiger partial charge on any atom is -0.495 e. The number of benzene rings is 1. The van der Waals surface area contributed by atoms with Crippen LogP contribution >= 0.6 is 0 Å². The van der Waals surface area contributed by atoms with Crippen molar-refractivity contribution in [1.29, 1.82) is 0 Å². The van der Waals surface area contributed by atoms with Gasteiger partial charge in [0.1, 0.15) is 11.6 Å². The molecule has 0 radical (unpaired) electrons. The second kappa shape index (κ2) is 6.27. The fourth-order valence-electron chi connectivity index (χ4n) is 2.09. The van der Waals surface area contributed by atoms with Crippen molar-refractivity contribution in [2.24, 2.45) is 0 Å². The molecule has 0 saturated heterocycles. The van der Waals surface area contributed by atoms with E-state index >= 15 is 0 Å². The number of hydrogen-bond donors (Lipinski definition) is 1. The number of ether oxygens (including phenoxy) is 1. The number of imidazole rings is 1. The summed E-state index contributed by atoms with van der Waals surface area (Å²) in [5, 5.41) is 3.40. The van der Waals surface area contributed by atoms with Crippen LogP contribution in [0.5, 0.6) is 5.75 Å². The molecule has 4 nitrogen and oxygen atoms in total. The van der Waals surface area contributed by atoms with Gasteiger partial charge in [0.15, 0.2) is 0 Å². The van der Waals surface area contributed by atoms with Crippen LogP contribution in [-0.2, 0) is 13.1 Å². The number of anilines is 1. The number of hydrogen-bond acceptors (Lipinski definition) is 3. The predicted octanol–water partition coefficient (Wildman–Crippen LogP) is 3.22. The zero-order valence-electron chi connectivity index (χ0n) is 11.8. The average Bonchev–Trinajstić information content (AvgIpc) is 2.84. The fourth-order valence-corrected chi connectivity index (χ4v) is 2.09. The Kier molecular flexibility index (Phi) is 4.44. The van der Waals surface area contributed by atoms with E-state index in [1.165, 1.54) is 5.56 Å². The van der Waals surface area contributed by atoms with Gasteiger partial charge in [-0.15, -0.1) is 0 Å². The fraction of sp³-hybridized carbons (Fsp3) is 0.400. The second-order valence-electron chi connectivity index (χ2n) is 4.59. The van der Waals surface area contributed by atoms with Crippen LogP contribution in [0.2, 0.25) is 0 Å². The third-order valence-corrected chi connectivity index (χ3v) is 3.06. The first-order chi connectivity index (χ1) is 9.24. The summed E-state index contributed by atoms with van der Waals surface area (Å²) >= 11 is 0. The van der Waals surface area contributed by atoms with E-state index in [1.54, 1.807) is 7.11 Å². The monoisotopic (exact) mass is 259 g/mol. The van der Waals surface area contributed by atoms with Crippen LogP contribution in [-0.4, -0.2) is 16.7 Å². The molecule has 19 heavy (non-hydrogen) atoms. The summed E-state index contributed by atoms with van der Waals surface area (Å²) in [5.74, 6) is 1.91. The van der Waals surface area contributed by atoms with Crippen LogP contribution in [0, 0.1) is 6.92 Å². The maximum atomic E-state index is 5.36. The molecule has 4 heteroatoms. The maximum Gasteiger partial charge on any atom is 0.141 e. The van der Waals surface area contributed by atoms with Gasteiger partial charge in [0.2, 0.25) is 0 Å². The Bertz CT molecular complexity index is 534. The summed E-state index contributed by atoms with van der Waals surface area (Å²) in [4.78, 5) is 4.39. The average molecular weight is 259 g/mol. The Labute approximate surface area is 114 Å². The van der Waals surface area contributed by atoms with Crippen molar-refractivity contribution >= 4 is 5.69 Å². The van der Waals surface area contributed by atoms with Gasteiger partial charge in [0, 0.05) is 18.9 Å². The zero-order chi connectivity index (χ0) is 13.7. The molecule has 1 aromatic carbocycles. The van der Waals surface area contributed by atoms with Gasteiger partial charge in [-0.05, 0) is 31.0 Å². The van der Waals surface area contributed by atoms with Gasteiger partial charge in [-0.3, -0.25) is 0 Å². The second-order valence-corrected chi connectivity index (χ2v) is 4.59. The zero-order valence-corrected chi connectivity index (χ0v) is 11.8. The molecule has 0 aliphatic heterocycles. The Balaban J connectivity index is 2.09. The van der Waals surface area contributed by atoms with Crippen LogP contribution < -0.4 is 10.1 Å². The summed E-state index contributed by atoms with van der Waals surface area (Å²) < 4.78 is 7.53. The highest BCUT2D eigenvalue weighted by Crippen LogP contribution is 2.25. The molecule has 102 valence electrons. The van der Waals surface area contributed by atoms with E-state index in [0.29, 0.717) is 6.54 Å². The third-order valence-electron chi connectivity index (χ3n) is 3.06. The van der Waals surface area contributed by atoms with Crippen LogP contribution in [0.15, 0.2) is 30.6 Å². The van der Waals surface area contributed by atoms with Gasteiger partial charge in [-0.2, -0.15) is 0 Å². The van der Waals surface area contributed by atoms with Gasteiger partial charge in [-0.25, -0.2) is 4.98 Å². The highest BCUT2D eigenvalue weighted by Gasteiger charge is 2.05. The number of aryl methyl sites for hydroxylation is 2. The molecule has 0 saturated carbocycles. The van der Waals surface area contributed by atoms with Gasteiger partial charge in [0.25, 0.3) is 0 Å². The van der Waals surface area contributed by atoms with Gasteiger partial charge >= 0.3 is 0 Å². The molecule has 0 amide bonds. The molecule has 0 bridgehead atoms. The van der Waals surface area contributed by atoms with E-state index in [2.05, 4.69) is 34.8 Å². The molecule has 0 aliphatic rings. The highest BCUT2D eigenvalue weighted by molar-refractivity contribution is 5.57. The molecule has 0 fully saturated rings.